The Bertz CT molecular complexity index is 1160. The number of aromatic nitrogens is 2. The van der Waals surface area contributed by atoms with E-state index in [1.807, 2.05) is 6.07 Å². The largest absolute Gasteiger partial charge is 0.391 e. The van der Waals surface area contributed by atoms with Gasteiger partial charge in [0.05, 0.1) is 23.3 Å². The molecule has 2 heterocycles. The molecule has 9 heteroatoms. The summed E-state index contributed by atoms with van der Waals surface area (Å²) in [5.74, 6) is -1.17. The van der Waals surface area contributed by atoms with Crippen molar-refractivity contribution in [2.75, 3.05) is 13.7 Å². The number of ether oxygens (including phenoxy) is 1. The fourth-order valence-electron chi connectivity index (χ4n) is 5.20. The summed E-state index contributed by atoms with van der Waals surface area (Å²) in [4.78, 5) is 31.5. The van der Waals surface area contributed by atoms with Crippen LogP contribution in [0.15, 0.2) is 21.5 Å². The minimum atomic E-state index is -0.814. The van der Waals surface area contributed by atoms with Gasteiger partial charge < -0.3 is 20.6 Å². The number of nitrogens with two attached hydrogens (primary N) is 1. The van der Waals surface area contributed by atoms with Gasteiger partial charge in [-0.3, -0.25) is 9.78 Å². The van der Waals surface area contributed by atoms with E-state index in [-0.39, 0.29) is 29.8 Å². The van der Waals surface area contributed by atoms with Crippen molar-refractivity contribution in [1.82, 2.24) is 9.97 Å². The van der Waals surface area contributed by atoms with Crippen molar-refractivity contribution in [3.05, 3.63) is 59.3 Å². The second kappa shape index (κ2) is 7.81. The Kier molecular flexibility index (Phi) is 5.24. The van der Waals surface area contributed by atoms with Gasteiger partial charge in [-0.15, -0.1) is 11.3 Å². The smallest absolute Gasteiger partial charge is 0.326 e. The van der Waals surface area contributed by atoms with Crippen molar-refractivity contribution >= 4 is 16.9 Å². The Morgan fingerprint density at radius 2 is 2.10 bits per heavy atom. The lowest BCUT2D eigenvalue weighted by atomic mass is 9.80. The zero-order chi connectivity index (χ0) is 21.9. The van der Waals surface area contributed by atoms with Gasteiger partial charge in [0.15, 0.2) is 0 Å². The molecule has 5 rings (SSSR count). The lowest BCUT2D eigenvalue weighted by Crippen LogP contribution is -2.34. The van der Waals surface area contributed by atoms with Gasteiger partial charge in [-0.2, -0.15) is 0 Å². The monoisotopic (exact) mass is 447 g/mol. The van der Waals surface area contributed by atoms with Gasteiger partial charge in [-0.05, 0) is 49.7 Å². The summed E-state index contributed by atoms with van der Waals surface area (Å²) in [6.45, 7) is 0.177. The number of nitrogens with one attached hydrogen (secondary N) is 2. The van der Waals surface area contributed by atoms with Gasteiger partial charge in [0.1, 0.15) is 11.9 Å². The Balaban J connectivity index is 1.68. The van der Waals surface area contributed by atoms with E-state index < -0.39 is 29.4 Å². The summed E-state index contributed by atoms with van der Waals surface area (Å²) in [7, 11) is 1.46. The molecule has 4 unspecified atom stereocenters. The zero-order valence-corrected chi connectivity index (χ0v) is 18.1. The number of aliphatic hydroxyl groups excluding tert-OH is 1. The van der Waals surface area contributed by atoms with E-state index >= 15 is 4.39 Å². The maximum atomic E-state index is 16.1. The summed E-state index contributed by atoms with van der Waals surface area (Å²) in [6.07, 6.45) is 2.86. The molecule has 2 aromatic heterocycles. The molecule has 0 saturated heterocycles. The molecule has 0 aliphatic heterocycles. The van der Waals surface area contributed by atoms with Gasteiger partial charge in [0.2, 0.25) is 0 Å². The van der Waals surface area contributed by atoms with Crippen LogP contribution in [-0.2, 0) is 11.2 Å². The average molecular weight is 448 g/mol. The molecule has 1 saturated carbocycles. The van der Waals surface area contributed by atoms with E-state index in [2.05, 4.69) is 9.97 Å². The van der Waals surface area contributed by atoms with Crippen LogP contribution in [0.3, 0.4) is 0 Å². The van der Waals surface area contributed by atoms with Crippen molar-refractivity contribution in [3.8, 4) is 0 Å². The molecule has 0 radical (unpaired) electrons. The van der Waals surface area contributed by atoms with E-state index in [4.69, 9.17) is 10.5 Å². The van der Waals surface area contributed by atoms with E-state index in [1.54, 1.807) is 0 Å². The van der Waals surface area contributed by atoms with Crippen LogP contribution in [0.4, 0.5) is 4.39 Å². The molecule has 166 valence electrons. The fourth-order valence-corrected chi connectivity index (χ4v) is 6.60. The minimum Gasteiger partial charge on any atom is -0.391 e. The van der Waals surface area contributed by atoms with Crippen LogP contribution in [0.5, 0.6) is 0 Å². The summed E-state index contributed by atoms with van der Waals surface area (Å²) < 4.78 is 21.7. The van der Waals surface area contributed by atoms with Gasteiger partial charge in [-0.1, -0.05) is 0 Å². The van der Waals surface area contributed by atoms with E-state index in [0.29, 0.717) is 11.3 Å². The maximum Gasteiger partial charge on any atom is 0.326 e. The van der Waals surface area contributed by atoms with Crippen molar-refractivity contribution in [3.63, 3.8) is 0 Å². The van der Waals surface area contributed by atoms with Crippen molar-refractivity contribution in [2.45, 2.75) is 56.1 Å². The van der Waals surface area contributed by atoms with E-state index in [0.717, 1.165) is 47.4 Å². The van der Waals surface area contributed by atoms with E-state index in [9.17, 15) is 14.7 Å². The molecule has 4 atom stereocenters. The lowest BCUT2D eigenvalue weighted by molar-refractivity contribution is 0.0767. The van der Waals surface area contributed by atoms with Gasteiger partial charge in [0.25, 0.3) is 5.56 Å². The van der Waals surface area contributed by atoms with Crippen LogP contribution in [0.1, 0.15) is 70.2 Å². The highest BCUT2D eigenvalue weighted by Crippen LogP contribution is 2.55. The number of aromatic amines is 2. The second-order valence-corrected chi connectivity index (χ2v) is 9.86. The molecule has 1 fully saturated rings. The zero-order valence-electron chi connectivity index (χ0n) is 17.2. The van der Waals surface area contributed by atoms with Crippen molar-refractivity contribution in [2.24, 2.45) is 11.7 Å². The molecular weight excluding hydrogens is 421 g/mol. The van der Waals surface area contributed by atoms with Crippen molar-refractivity contribution < 1.29 is 14.2 Å². The van der Waals surface area contributed by atoms with Gasteiger partial charge in [-0.25, -0.2) is 9.18 Å². The number of aryl methyl sites for hydroxylation is 1. The third kappa shape index (κ3) is 3.34. The minimum absolute atomic E-state index is 0.0209. The molecule has 0 aromatic carbocycles. The highest BCUT2D eigenvalue weighted by atomic mass is 32.1. The predicted molar refractivity (Wildman–Crippen MR) is 116 cm³/mol. The quantitative estimate of drug-likeness (QED) is 0.561. The Morgan fingerprint density at radius 3 is 2.77 bits per heavy atom. The third-order valence-corrected chi connectivity index (χ3v) is 8.08. The number of thiophene rings is 1. The van der Waals surface area contributed by atoms with Crippen LogP contribution < -0.4 is 17.0 Å². The first-order valence-electron chi connectivity index (χ1n) is 10.7. The first-order chi connectivity index (χ1) is 14.9. The molecular formula is C22H26FN3O4S. The van der Waals surface area contributed by atoms with Crippen LogP contribution in [0, 0.1) is 5.92 Å². The molecule has 3 aliphatic carbocycles. The molecule has 3 aliphatic rings. The number of H-pyrrole nitrogens is 2. The van der Waals surface area contributed by atoms with Crippen LogP contribution in [0.2, 0.25) is 0 Å². The van der Waals surface area contributed by atoms with Crippen LogP contribution in [0.25, 0.3) is 5.57 Å². The number of aliphatic hydroxyl groups is 1. The summed E-state index contributed by atoms with van der Waals surface area (Å²) >= 11 is 1.53. The number of allylic oxidation sites excluding steroid dienone is 1. The molecule has 31 heavy (non-hydrogen) atoms. The third-order valence-electron chi connectivity index (χ3n) is 6.79. The van der Waals surface area contributed by atoms with Gasteiger partial charge >= 0.3 is 5.69 Å². The van der Waals surface area contributed by atoms with Gasteiger partial charge in [0, 0.05) is 34.9 Å². The molecule has 7 nitrogen and oxygen atoms in total. The molecule has 0 amide bonds. The number of hydrogen-bond acceptors (Lipinski definition) is 6. The number of fused-ring (bicyclic) bond motifs is 2. The number of hydrogen-bond donors (Lipinski definition) is 4. The average Bonchev–Trinajstić information content (AvgIpc) is 3.49. The standard InChI is InChI=1S/C22H26FN3O4S/c1-30-20-16(14-7-11-10(12(27)8-24)3-2-4-13(11)31-14)18(23)15(9-5-6-9)17-19(20)25-22(29)26-21(17)28/h7,9-10,12,16,20,27H,2-6,8,24H2,1H3,(H2,25,26,28,29). The lowest BCUT2D eigenvalue weighted by Gasteiger charge is -2.31. The number of rotatable bonds is 5. The summed E-state index contributed by atoms with van der Waals surface area (Å²) in [6, 6.07) is 1.97. The maximum absolute atomic E-state index is 16.1. The first-order valence-corrected chi connectivity index (χ1v) is 11.6. The summed E-state index contributed by atoms with van der Waals surface area (Å²) in [5, 5.41) is 10.4. The molecule has 2 aromatic rings. The second-order valence-electron chi connectivity index (χ2n) is 8.70. The highest BCUT2D eigenvalue weighted by Gasteiger charge is 2.45. The normalized spacial score (nSPS) is 26.5. The SMILES string of the molecule is COC1c2[nH]c(=O)[nH]c(=O)c2C(C2CC2)=C(F)C1c1cc2c(s1)CCCC2C(O)CN. The molecule has 5 N–H and O–H groups in total. The predicted octanol–water partition coefficient (Wildman–Crippen LogP) is 2.44. The first kappa shape index (κ1) is 20.8. The Hall–Kier alpha value is -2.07. The highest BCUT2D eigenvalue weighted by molar-refractivity contribution is 7.12. The number of halogens is 1. The Morgan fingerprint density at radius 1 is 1.32 bits per heavy atom. The fraction of sp³-hybridized carbons (Fsp3) is 0.545. The topological polar surface area (TPSA) is 121 Å². The van der Waals surface area contributed by atoms with Crippen molar-refractivity contribution in [1.29, 1.82) is 0 Å². The van der Waals surface area contributed by atoms with Crippen LogP contribution in [-0.4, -0.2) is 34.8 Å². The Labute approximate surface area is 182 Å². The van der Waals surface area contributed by atoms with Crippen LogP contribution >= 0.6 is 11.3 Å². The molecule has 0 spiro atoms. The number of methoxy groups -OCH3 is 1. The van der Waals surface area contributed by atoms with E-state index in [1.165, 1.54) is 18.4 Å². The summed E-state index contributed by atoms with van der Waals surface area (Å²) in [5.41, 5.74) is 6.49. The molecule has 0 bridgehead atoms.